The maximum absolute atomic E-state index is 11.5. The fraction of sp³-hybridized carbons (Fsp3) is 0.917. The highest BCUT2D eigenvalue weighted by molar-refractivity contribution is 9.09. The minimum atomic E-state index is -0.426. The normalized spacial score (nSPS) is 27.4. The van der Waals surface area contributed by atoms with Gasteiger partial charge in [0, 0.05) is 17.3 Å². The minimum Gasteiger partial charge on any atom is -0.444 e. The van der Waals surface area contributed by atoms with Gasteiger partial charge in [-0.25, -0.2) is 4.79 Å². The van der Waals surface area contributed by atoms with Crippen LogP contribution < -0.4 is 5.32 Å². The largest absolute Gasteiger partial charge is 0.444 e. The summed E-state index contributed by atoms with van der Waals surface area (Å²) in [6.45, 7) is 10.7. The van der Waals surface area contributed by atoms with Gasteiger partial charge in [-0.2, -0.15) is 0 Å². The number of nitrogens with one attached hydrogen (secondary N) is 1. The SMILES string of the molecule is CC(C)(C)OC(=O)NCC1(CBr)CC1(C)C. The second-order valence-electron chi connectivity index (χ2n) is 6.33. The van der Waals surface area contributed by atoms with Crippen LogP contribution in [0.2, 0.25) is 0 Å². The van der Waals surface area contributed by atoms with E-state index < -0.39 is 5.60 Å². The van der Waals surface area contributed by atoms with Crippen LogP contribution in [-0.4, -0.2) is 23.6 Å². The van der Waals surface area contributed by atoms with E-state index in [2.05, 4.69) is 35.1 Å². The smallest absolute Gasteiger partial charge is 0.407 e. The van der Waals surface area contributed by atoms with Gasteiger partial charge in [0.25, 0.3) is 0 Å². The molecule has 0 bridgehead atoms. The van der Waals surface area contributed by atoms with E-state index in [1.54, 1.807) is 0 Å². The molecule has 1 unspecified atom stereocenters. The van der Waals surface area contributed by atoms with E-state index in [9.17, 15) is 4.79 Å². The van der Waals surface area contributed by atoms with Crippen LogP contribution in [0.3, 0.4) is 0 Å². The van der Waals surface area contributed by atoms with Gasteiger partial charge in [-0.05, 0) is 32.6 Å². The van der Waals surface area contributed by atoms with Gasteiger partial charge in [0.05, 0.1) is 0 Å². The lowest BCUT2D eigenvalue weighted by molar-refractivity contribution is 0.0515. The van der Waals surface area contributed by atoms with Crippen molar-refractivity contribution in [1.29, 1.82) is 0 Å². The molecule has 0 aliphatic heterocycles. The van der Waals surface area contributed by atoms with Gasteiger partial charge in [0.1, 0.15) is 5.60 Å². The van der Waals surface area contributed by atoms with Crippen LogP contribution in [0.5, 0.6) is 0 Å². The van der Waals surface area contributed by atoms with Gasteiger partial charge in [0.15, 0.2) is 0 Å². The fourth-order valence-corrected chi connectivity index (χ4v) is 3.09. The van der Waals surface area contributed by atoms with Gasteiger partial charge in [-0.3, -0.25) is 0 Å². The lowest BCUT2D eigenvalue weighted by Crippen LogP contribution is -2.37. The Morgan fingerprint density at radius 3 is 2.25 bits per heavy atom. The molecule has 0 aromatic carbocycles. The van der Waals surface area contributed by atoms with E-state index in [-0.39, 0.29) is 11.5 Å². The molecule has 16 heavy (non-hydrogen) atoms. The first kappa shape index (κ1) is 13.8. The standard InChI is InChI=1S/C12H22BrNO2/c1-10(2,3)16-9(15)14-8-12(7-13)6-11(12,4)5/h6-8H2,1-5H3,(H,14,15). The predicted molar refractivity (Wildman–Crippen MR) is 68.9 cm³/mol. The summed E-state index contributed by atoms with van der Waals surface area (Å²) in [6.07, 6.45) is 0.816. The number of alkyl carbamates (subject to hydrolysis) is 1. The molecule has 1 aliphatic carbocycles. The van der Waals surface area contributed by atoms with Crippen molar-refractivity contribution in [2.45, 2.75) is 46.6 Å². The molecule has 0 aromatic heterocycles. The van der Waals surface area contributed by atoms with Crippen LogP contribution in [0.4, 0.5) is 4.79 Å². The number of hydrogen-bond acceptors (Lipinski definition) is 2. The van der Waals surface area contributed by atoms with E-state index in [1.807, 2.05) is 20.8 Å². The quantitative estimate of drug-likeness (QED) is 0.810. The zero-order valence-electron chi connectivity index (χ0n) is 10.8. The first-order valence-corrected chi connectivity index (χ1v) is 6.77. The Kier molecular flexibility index (Phi) is 3.63. The molecule has 94 valence electrons. The molecule has 1 N–H and O–H groups in total. The van der Waals surface area contributed by atoms with Crippen molar-refractivity contribution >= 4 is 22.0 Å². The molecule has 0 saturated heterocycles. The number of halogens is 1. The van der Waals surface area contributed by atoms with Gasteiger partial charge in [-0.15, -0.1) is 0 Å². The summed E-state index contributed by atoms with van der Waals surface area (Å²) in [4.78, 5) is 11.5. The molecular weight excluding hydrogens is 270 g/mol. The summed E-state index contributed by atoms with van der Waals surface area (Å²) >= 11 is 3.53. The van der Waals surface area contributed by atoms with Crippen molar-refractivity contribution in [1.82, 2.24) is 5.32 Å². The summed E-state index contributed by atoms with van der Waals surface area (Å²) in [7, 11) is 0. The van der Waals surface area contributed by atoms with Gasteiger partial charge >= 0.3 is 6.09 Å². The fourth-order valence-electron chi connectivity index (χ4n) is 1.93. The summed E-state index contributed by atoms with van der Waals surface area (Å²) in [5.41, 5.74) is 0.0835. The third kappa shape index (κ3) is 3.12. The third-order valence-corrected chi connectivity index (χ3v) is 4.39. The zero-order valence-corrected chi connectivity index (χ0v) is 12.4. The average Bonchev–Trinajstić information content (AvgIpc) is 2.63. The monoisotopic (exact) mass is 291 g/mol. The topological polar surface area (TPSA) is 38.3 Å². The number of carbonyl (C=O) groups is 1. The first-order chi connectivity index (χ1) is 7.12. The Morgan fingerprint density at radius 1 is 1.44 bits per heavy atom. The molecule has 0 radical (unpaired) electrons. The van der Waals surface area contributed by atoms with Gasteiger partial charge < -0.3 is 10.1 Å². The van der Waals surface area contributed by atoms with Crippen molar-refractivity contribution in [2.24, 2.45) is 10.8 Å². The average molecular weight is 292 g/mol. The molecule has 4 heteroatoms. The van der Waals surface area contributed by atoms with Crippen LogP contribution in [0.15, 0.2) is 0 Å². The van der Waals surface area contributed by atoms with E-state index in [0.717, 1.165) is 11.8 Å². The molecule has 1 fully saturated rings. The number of ether oxygens (including phenoxy) is 1. The Balaban J connectivity index is 2.39. The summed E-state index contributed by atoms with van der Waals surface area (Å²) < 4.78 is 5.21. The molecule has 0 spiro atoms. The predicted octanol–water partition coefficient (Wildman–Crippen LogP) is 3.32. The van der Waals surface area contributed by atoms with Gasteiger partial charge in [-0.1, -0.05) is 29.8 Å². The number of carbonyl (C=O) groups excluding carboxylic acids is 1. The lowest BCUT2D eigenvalue weighted by Gasteiger charge is -2.22. The summed E-state index contributed by atoms with van der Waals surface area (Å²) in [5, 5.41) is 3.78. The van der Waals surface area contributed by atoms with Crippen molar-refractivity contribution in [3.63, 3.8) is 0 Å². The van der Waals surface area contributed by atoms with Crippen molar-refractivity contribution in [3.8, 4) is 0 Å². The molecule has 0 heterocycles. The number of amides is 1. The molecule has 1 aliphatic rings. The highest BCUT2D eigenvalue weighted by Crippen LogP contribution is 2.63. The zero-order chi connectivity index (χ0) is 12.6. The third-order valence-electron chi connectivity index (χ3n) is 3.32. The molecular formula is C12H22BrNO2. The molecule has 1 saturated carbocycles. The number of alkyl halides is 1. The van der Waals surface area contributed by atoms with Crippen molar-refractivity contribution in [2.75, 3.05) is 11.9 Å². The lowest BCUT2D eigenvalue weighted by atomic mass is 9.98. The number of hydrogen-bond donors (Lipinski definition) is 1. The van der Waals surface area contributed by atoms with Crippen molar-refractivity contribution < 1.29 is 9.53 Å². The maximum Gasteiger partial charge on any atom is 0.407 e. The maximum atomic E-state index is 11.5. The van der Waals surface area contributed by atoms with Crippen molar-refractivity contribution in [3.05, 3.63) is 0 Å². The Hall–Kier alpha value is -0.250. The summed E-state index contributed by atoms with van der Waals surface area (Å²) in [5.74, 6) is 0. The van der Waals surface area contributed by atoms with Crippen LogP contribution in [0.25, 0.3) is 0 Å². The molecule has 0 aromatic rings. The van der Waals surface area contributed by atoms with E-state index in [1.165, 1.54) is 0 Å². The second kappa shape index (κ2) is 4.21. The van der Waals surface area contributed by atoms with Crippen LogP contribution >= 0.6 is 15.9 Å². The Morgan fingerprint density at radius 2 is 1.94 bits per heavy atom. The van der Waals surface area contributed by atoms with Gasteiger partial charge in [0.2, 0.25) is 0 Å². The Labute approximate surface area is 106 Å². The van der Waals surface area contributed by atoms with Crippen LogP contribution in [0, 0.1) is 10.8 Å². The van der Waals surface area contributed by atoms with E-state index >= 15 is 0 Å². The molecule has 1 amide bonds. The van der Waals surface area contributed by atoms with Crippen LogP contribution in [-0.2, 0) is 4.74 Å². The highest BCUT2D eigenvalue weighted by atomic mass is 79.9. The highest BCUT2D eigenvalue weighted by Gasteiger charge is 2.60. The van der Waals surface area contributed by atoms with E-state index in [0.29, 0.717) is 12.0 Å². The van der Waals surface area contributed by atoms with E-state index in [4.69, 9.17) is 4.74 Å². The molecule has 1 rings (SSSR count). The summed E-state index contributed by atoms with van der Waals surface area (Å²) in [6, 6.07) is 0. The molecule has 3 nitrogen and oxygen atoms in total. The Bertz CT molecular complexity index is 283. The minimum absolute atomic E-state index is 0.198. The second-order valence-corrected chi connectivity index (χ2v) is 6.89. The number of rotatable bonds is 3. The molecule has 1 atom stereocenters. The first-order valence-electron chi connectivity index (χ1n) is 5.65. The van der Waals surface area contributed by atoms with Crippen LogP contribution in [0.1, 0.15) is 41.0 Å².